The van der Waals surface area contributed by atoms with Crippen molar-refractivity contribution < 1.29 is 27.1 Å². The van der Waals surface area contributed by atoms with E-state index in [1.165, 1.54) is 54.5 Å². The number of halogens is 2. The number of benzene rings is 3. The second-order valence-electron chi connectivity index (χ2n) is 10.2. The van der Waals surface area contributed by atoms with Crippen LogP contribution in [0.1, 0.15) is 44.6 Å². The van der Waals surface area contributed by atoms with E-state index in [1.807, 2.05) is 0 Å². The molecule has 0 spiro atoms. The van der Waals surface area contributed by atoms with Gasteiger partial charge in [0, 0.05) is 17.6 Å². The Hall–Kier alpha value is -3.63. The molecule has 11 heteroatoms. The summed E-state index contributed by atoms with van der Waals surface area (Å²) in [7, 11) is -2.78. The van der Waals surface area contributed by atoms with Gasteiger partial charge in [0.15, 0.2) is 0 Å². The molecule has 0 aliphatic heterocycles. The molecule has 1 aliphatic rings. The van der Waals surface area contributed by atoms with Gasteiger partial charge in [-0.1, -0.05) is 49.6 Å². The monoisotopic (exact) mass is 615 g/mol. The van der Waals surface area contributed by atoms with E-state index in [2.05, 4.69) is 5.32 Å². The average Bonchev–Trinajstić information content (AvgIpc) is 3.49. The van der Waals surface area contributed by atoms with E-state index >= 15 is 0 Å². The number of hydrogen-bond acceptors (Lipinski definition) is 5. The van der Waals surface area contributed by atoms with Crippen LogP contribution in [0.5, 0.6) is 5.75 Å². The number of nitrogens with zero attached hydrogens (tertiary/aromatic N) is 2. The molecule has 0 saturated heterocycles. The Morgan fingerprint density at radius 2 is 1.71 bits per heavy atom. The van der Waals surface area contributed by atoms with Gasteiger partial charge in [-0.05, 0) is 79.4 Å². The zero-order valence-electron chi connectivity index (χ0n) is 23.6. The molecule has 8 nitrogen and oxygen atoms in total. The SMILES string of the molecule is CC[C@@H](C(=O)NC1CCCC1)N(Cc1ccc(F)cc1)C(=O)CN(c1cccc(Cl)c1)S(=O)(=O)c1ccc(OC)cc1. The van der Waals surface area contributed by atoms with Crippen molar-refractivity contribution in [2.75, 3.05) is 18.0 Å². The molecule has 3 aromatic rings. The predicted octanol–water partition coefficient (Wildman–Crippen LogP) is 5.55. The molecule has 4 rings (SSSR count). The summed E-state index contributed by atoms with van der Waals surface area (Å²) < 4.78 is 47.7. The first kappa shape index (κ1) is 31.3. The maximum atomic E-state index is 14.1. The maximum Gasteiger partial charge on any atom is 0.264 e. The van der Waals surface area contributed by atoms with Crippen LogP contribution in [0.2, 0.25) is 5.02 Å². The molecule has 1 aliphatic carbocycles. The third-order valence-electron chi connectivity index (χ3n) is 7.38. The summed E-state index contributed by atoms with van der Waals surface area (Å²) in [5.41, 5.74) is 0.793. The number of nitrogens with one attached hydrogen (secondary N) is 1. The van der Waals surface area contributed by atoms with Crippen molar-refractivity contribution in [3.8, 4) is 5.75 Å². The van der Waals surface area contributed by atoms with Gasteiger partial charge in [0.05, 0.1) is 17.7 Å². The third kappa shape index (κ3) is 7.60. The van der Waals surface area contributed by atoms with Crippen molar-refractivity contribution in [2.24, 2.45) is 0 Å². The Labute approximate surface area is 251 Å². The fourth-order valence-electron chi connectivity index (χ4n) is 5.11. The Balaban J connectivity index is 1.71. The minimum atomic E-state index is -4.25. The molecule has 224 valence electrons. The lowest BCUT2D eigenvalue weighted by Gasteiger charge is -2.33. The van der Waals surface area contributed by atoms with E-state index in [1.54, 1.807) is 37.3 Å². The lowest BCUT2D eigenvalue weighted by molar-refractivity contribution is -0.140. The molecule has 0 bridgehead atoms. The third-order valence-corrected chi connectivity index (χ3v) is 9.40. The fourth-order valence-corrected chi connectivity index (χ4v) is 6.70. The second-order valence-corrected chi connectivity index (χ2v) is 12.5. The van der Waals surface area contributed by atoms with Gasteiger partial charge < -0.3 is 15.0 Å². The summed E-state index contributed by atoms with van der Waals surface area (Å²) in [4.78, 5) is 28.9. The summed E-state index contributed by atoms with van der Waals surface area (Å²) in [6, 6.07) is 16.9. The van der Waals surface area contributed by atoms with Crippen molar-refractivity contribution in [3.63, 3.8) is 0 Å². The topological polar surface area (TPSA) is 96.0 Å². The number of sulfonamides is 1. The first-order chi connectivity index (χ1) is 20.1. The summed E-state index contributed by atoms with van der Waals surface area (Å²) >= 11 is 6.22. The highest BCUT2D eigenvalue weighted by molar-refractivity contribution is 7.92. The van der Waals surface area contributed by atoms with Crippen molar-refractivity contribution in [1.29, 1.82) is 0 Å². The van der Waals surface area contributed by atoms with Gasteiger partial charge in [-0.15, -0.1) is 0 Å². The van der Waals surface area contributed by atoms with Gasteiger partial charge in [0.25, 0.3) is 10.0 Å². The van der Waals surface area contributed by atoms with E-state index in [0.29, 0.717) is 22.8 Å². The average molecular weight is 616 g/mol. The quantitative estimate of drug-likeness (QED) is 0.288. The van der Waals surface area contributed by atoms with Crippen LogP contribution in [0.15, 0.2) is 77.7 Å². The van der Waals surface area contributed by atoms with E-state index < -0.39 is 34.3 Å². The van der Waals surface area contributed by atoms with Gasteiger partial charge in [0.1, 0.15) is 24.2 Å². The smallest absolute Gasteiger partial charge is 0.264 e. The van der Waals surface area contributed by atoms with Crippen LogP contribution in [0, 0.1) is 5.82 Å². The zero-order valence-corrected chi connectivity index (χ0v) is 25.2. The standard InChI is InChI=1S/C31H35ClFN3O5S/c1-3-29(31(38)34-25-8-4-5-9-25)35(20-22-11-13-24(33)14-12-22)30(37)21-36(26-10-6-7-23(32)19-26)42(39,40)28-17-15-27(41-2)16-18-28/h6-7,10-19,25,29H,3-5,8-9,20-21H2,1-2H3,(H,34,38)/t29-/m0/s1. The molecule has 0 aromatic heterocycles. The summed E-state index contributed by atoms with van der Waals surface area (Å²) in [6.07, 6.45) is 4.09. The van der Waals surface area contributed by atoms with Crippen LogP contribution in [-0.4, -0.2) is 50.9 Å². The van der Waals surface area contributed by atoms with E-state index in [4.69, 9.17) is 16.3 Å². The zero-order chi connectivity index (χ0) is 30.3. The number of rotatable bonds is 12. The highest BCUT2D eigenvalue weighted by Gasteiger charge is 2.34. The maximum absolute atomic E-state index is 14.1. The van der Waals surface area contributed by atoms with Crippen molar-refractivity contribution in [1.82, 2.24) is 10.2 Å². The Morgan fingerprint density at radius 3 is 2.31 bits per heavy atom. The van der Waals surface area contributed by atoms with E-state index in [-0.39, 0.29) is 29.1 Å². The first-order valence-corrected chi connectivity index (χ1v) is 15.7. The highest BCUT2D eigenvalue weighted by atomic mass is 35.5. The van der Waals surface area contributed by atoms with Crippen LogP contribution < -0.4 is 14.4 Å². The molecule has 1 fully saturated rings. The number of carbonyl (C=O) groups excluding carboxylic acids is 2. The summed E-state index contributed by atoms with van der Waals surface area (Å²) in [5.74, 6) is -0.846. The molecule has 0 heterocycles. The highest BCUT2D eigenvalue weighted by Crippen LogP contribution is 2.28. The fraction of sp³-hybridized carbons (Fsp3) is 0.355. The van der Waals surface area contributed by atoms with Crippen molar-refractivity contribution >= 4 is 39.1 Å². The first-order valence-electron chi connectivity index (χ1n) is 13.9. The number of anilines is 1. The van der Waals surface area contributed by atoms with Gasteiger partial charge >= 0.3 is 0 Å². The van der Waals surface area contributed by atoms with E-state index in [9.17, 15) is 22.4 Å². The number of hydrogen-bond donors (Lipinski definition) is 1. The molecule has 1 saturated carbocycles. The van der Waals surface area contributed by atoms with Crippen molar-refractivity contribution in [2.45, 2.75) is 62.6 Å². The van der Waals surface area contributed by atoms with E-state index in [0.717, 1.165) is 30.0 Å². The summed E-state index contributed by atoms with van der Waals surface area (Å²) in [6.45, 7) is 1.19. The van der Waals surface area contributed by atoms with Crippen molar-refractivity contribution in [3.05, 3.63) is 89.2 Å². The summed E-state index contributed by atoms with van der Waals surface area (Å²) in [5, 5.41) is 3.36. The number of carbonyl (C=O) groups is 2. The molecule has 42 heavy (non-hydrogen) atoms. The van der Waals surface area contributed by atoms with Gasteiger partial charge in [-0.25, -0.2) is 12.8 Å². The van der Waals surface area contributed by atoms with Gasteiger partial charge in [0.2, 0.25) is 11.8 Å². The van der Waals surface area contributed by atoms with Crippen LogP contribution in [0.4, 0.5) is 10.1 Å². The largest absolute Gasteiger partial charge is 0.497 e. The number of ether oxygens (including phenoxy) is 1. The predicted molar refractivity (Wildman–Crippen MR) is 160 cm³/mol. The van der Waals surface area contributed by atoms with Crippen LogP contribution >= 0.6 is 11.6 Å². The molecule has 3 aromatic carbocycles. The molecule has 1 atom stereocenters. The minimum Gasteiger partial charge on any atom is -0.497 e. The normalized spacial score (nSPS) is 14.3. The van der Waals surface area contributed by atoms with Gasteiger partial charge in [-0.3, -0.25) is 13.9 Å². The van der Waals surface area contributed by atoms with Crippen LogP contribution in [-0.2, 0) is 26.2 Å². The van der Waals surface area contributed by atoms with Crippen LogP contribution in [0.3, 0.4) is 0 Å². The second kappa shape index (κ2) is 14.0. The molecule has 0 radical (unpaired) electrons. The molecule has 1 N–H and O–H groups in total. The minimum absolute atomic E-state index is 0.0122. The molecular weight excluding hydrogens is 581 g/mol. The Morgan fingerprint density at radius 1 is 1.05 bits per heavy atom. The van der Waals surface area contributed by atoms with Crippen LogP contribution in [0.25, 0.3) is 0 Å². The van der Waals surface area contributed by atoms with Gasteiger partial charge in [-0.2, -0.15) is 0 Å². The lowest BCUT2D eigenvalue weighted by atomic mass is 10.1. The Kier molecular flexibility index (Phi) is 10.5. The molecule has 2 amide bonds. The molecular formula is C31H35ClFN3O5S. The number of amides is 2. The Bertz CT molecular complexity index is 1480. The lowest BCUT2D eigenvalue weighted by Crippen LogP contribution is -2.53. The molecule has 0 unspecified atom stereocenters. The number of methoxy groups -OCH3 is 1.